The molecule has 156 valence electrons. The third kappa shape index (κ3) is 3.61. The van der Waals surface area contributed by atoms with Gasteiger partial charge in [-0.25, -0.2) is 0 Å². The van der Waals surface area contributed by atoms with Crippen molar-refractivity contribution < 1.29 is 24.2 Å². The number of aliphatic hydroxyl groups is 1. The number of Topliss-reactive ketones (excluding diaryl/α,β-unsaturated/α-hetero) is 1. The number of ketones is 1. The zero-order chi connectivity index (χ0) is 21.3. The van der Waals surface area contributed by atoms with E-state index in [-0.39, 0.29) is 18.1 Å². The Kier molecular flexibility index (Phi) is 5.41. The van der Waals surface area contributed by atoms with Crippen LogP contribution in [0.25, 0.3) is 5.76 Å². The summed E-state index contributed by atoms with van der Waals surface area (Å²) in [7, 11) is 3.90. The highest BCUT2D eigenvalue weighted by molar-refractivity contribution is 6.46. The van der Waals surface area contributed by atoms with Crippen molar-refractivity contribution in [1.29, 1.82) is 0 Å². The van der Waals surface area contributed by atoms with Crippen LogP contribution in [0.2, 0.25) is 0 Å². The van der Waals surface area contributed by atoms with Gasteiger partial charge >= 0.3 is 0 Å². The molecule has 1 N–H and O–H groups in total. The van der Waals surface area contributed by atoms with Gasteiger partial charge < -0.3 is 24.4 Å². The minimum absolute atomic E-state index is 0.0647. The second-order valence-corrected chi connectivity index (χ2v) is 7.50. The molecule has 1 amide bonds. The molecular weight excluding hydrogens is 386 g/mol. The average Bonchev–Trinajstić information content (AvgIpc) is 3.31. The number of ether oxygens (including phenoxy) is 2. The fourth-order valence-corrected chi connectivity index (χ4v) is 3.76. The first kappa shape index (κ1) is 19.9. The Morgan fingerprint density at radius 1 is 1.17 bits per heavy atom. The lowest BCUT2D eigenvalue weighted by atomic mass is 9.96. The number of likely N-dealkylation sites (tertiary alicyclic amines) is 1. The van der Waals surface area contributed by atoms with Gasteiger partial charge in [-0.2, -0.15) is 0 Å². The van der Waals surface area contributed by atoms with Crippen LogP contribution in [-0.2, 0) is 9.59 Å². The van der Waals surface area contributed by atoms with E-state index in [9.17, 15) is 14.7 Å². The fourth-order valence-electron chi connectivity index (χ4n) is 3.76. The number of amides is 1. The summed E-state index contributed by atoms with van der Waals surface area (Å²) in [6.07, 6.45) is 3.91. The Morgan fingerprint density at radius 3 is 2.63 bits per heavy atom. The molecule has 1 aromatic carbocycles. The quantitative estimate of drug-likeness (QED) is 0.444. The molecule has 0 bridgehead atoms. The molecule has 0 unspecified atom stereocenters. The topological polar surface area (TPSA) is 92.2 Å². The molecule has 0 spiro atoms. The number of benzene rings is 1. The molecule has 2 aromatic rings. The van der Waals surface area contributed by atoms with E-state index in [1.165, 1.54) is 4.90 Å². The van der Waals surface area contributed by atoms with E-state index in [4.69, 9.17) is 9.47 Å². The van der Waals surface area contributed by atoms with Gasteiger partial charge in [0.25, 0.3) is 11.7 Å². The maximum atomic E-state index is 13.0. The lowest BCUT2D eigenvalue weighted by molar-refractivity contribution is -0.139. The van der Waals surface area contributed by atoms with Gasteiger partial charge in [0.1, 0.15) is 5.76 Å². The summed E-state index contributed by atoms with van der Waals surface area (Å²) in [5.41, 5.74) is 1.18. The summed E-state index contributed by atoms with van der Waals surface area (Å²) in [5, 5.41) is 11.1. The first-order valence-electron chi connectivity index (χ1n) is 9.70. The smallest absolute Gasteiger partial charge is 0.295 e. The Hall–Kier alpha value is -3.39. The molecule has 1 fully saturated rings. The second kappa shape index (κ2) is 8.16. The van der Waals surface area contributed by atoms with Gasteiger partial charge in [0.05, 0.1) is 11.6 Å². The van der Waals surface area contributed by atoms with Crippen molar-refractivity contribution in [2.75, 3.05) is 34.0 Å². The van der Waals surface area contributed by atoms with Crippen molar-refractivity contribution in [3.05, 3.63) is 59.4 Å². The van der Waals surface area contributed by atoms with Crippen LogP contribution in [-0.4, -0.2) is 65.6 Å². The van der Waals surface area contributed by atoms with Gasteiger partial charge in [0.15, 0.2) is 11.5 Å². The minimum atomic E-state index is -0.697. The Balaban J connectivity index is 1.77. The molecule has 0 radical (unpaired) electrons. The van der Waals surface area contributed by atoms with E-state index in [2.05, 4.69) is 4.98 Å². The number of rotatable bonds is 6. The molecule has 0 aliphatic carbocycles. The van der Waals surface area contributed by atoms with Gasteiger partial charge in [-0.15, -0.1) is 0 Å². The number of hydrogen-bond donors (Lipinski definition) is 1. The van der Waals surface area contributed by atoms with E-state index in [0.717, 1.165) is 12.1 Å². The number of carbonyl (C=O) groups excluding carboxylic acids is 2. The Labute approximate surface area is 174 Å². The third-order valence-electron chi connectivity index (χ3n) is 5.21. The standard InChI is InChI=1S/C22H23N3O5/c1-24(2)10-3-11-25-19(14-6-8-23-9-7-14)18(21(27)22(25)28)20(26)15-4-5-16-17(12-15)30-13-29-16/h4-9,12,19,26H,3,10-11,13H2,1-2H3/b20-18+/t19-/m0/s1. The number of pyridine rings is 1. The van der Waals surface area contributed by atoms with Crippen LogP contribution < -0.4 is 9.47 Å². The molecule has 8 nitrogen and oxygen atoms in total. The molecule has 1 aromatic heterocycles. The number of fused-ring (bicyclic) bond motifs is 1. The fraction of sp³-hybridized carbons (Fsp3) is 0.318. The monoisotopic (exact) mass is 409 g/mol. The van der Waals surface area contributed by atoms with Crippen molar-refractivity contribution in [2.24, 2.45) is 0 Å². The molecule has 1 atom stereocenters. The van der Waals surface area contributed by atoms with Gasteiger partial charge in [-0.3, -0.25) is 14.6 Å². The lowest BCUT2D eigenvalue weighted by Crippen LogP contribution is -2.32. The van der Waals surface area contributed by atoms with Crippen molar-refractivity contribution in [1.82, 2.24) is 14.8 Å². The number of hydrogen-bond acceptors (Lipinski definition) is 7. The van der Waals surface area contributed by atoms with Crippen LogP contribution in [0.4, 0.5) is 0 Å². The predicted octanol–water partition coefficient (Wildman–Crippen LogP) is 2.18. The summed E-state index contributed by atoms with van der Waals surface area (Å²) in [6.45, 7) is 1.27. The second-order valence-electron chi connectivity index (χ2n) is 7.50. The van der Waals surface area contributed by atoms with Crippen molar-refractivity contribution in [3.8, 4) is 11.5 Å². The SMILES string of the molecule is CN(C)CCCN1C(=O)C(=O)/C(=C(/O)c2ccc3c(c2)OCO3)[C@@H]1c1ccncc1. The summed E-state index contributed by atoms with van der Waals surface area (Å²) in [5.74, 6) is -0.487. The van der Waals surface area contributed by atoms with Crippen molar-refractivity contribution >= 4 is 17.4 Å². The normalized spacial score (nSPS) is 19.7. The lowest BCUT2D eigenvalue weighted by Gasteiger charge is -2.25. The van der Waals surface area contributed by atoms with Crippen LogP contribution in [0, 0.1) is 0 Å². The molecule has 4 rings (SSSR count). The van der Waals surface area contributed by atoms with Crippen LogP contribution >= 0.6 is 0 Å². The highest BCUT2D eigenvalue weighted by Crippen LogP contribution is 2.41. The van der Waals surface area contributed by atoms with Gasteiger partial charge in [0, 0.05) is 24.5 Å². The summed E-state index contributed by atoms with van der Waals surface area (Å²) >= 11 is 0. The van der Waals surface area contributed by atoms with E-state index >= 15 is 0 Å². The Bertz CT molecular complexity index is 1000. The summed E-state index contributed by atoms with van der Waals surface area (Å²) < 4.78 is 10.7. The largest absolute Gasteiger partial charge is 0.507 e. The molecule has 0 saturated carbocycles. The molecule has 1 saturated heterocycles. The van der Waals surface area contributed by atoms with Crippen molar-refractivity contribution in [2.45, 2.75) is 12.5 Å². The minimum Gasteiger partial charge on any atom is -0.507 e. The van der Waals surface area contributed by atoms with E-state index in [0.29, 0.717) is 30.0 Å². The Morgan fingerprint density at radius 2 is 1.90 bits per heavy atom. The summed E-state index contributed by atoms with van der Waals surface area (Å²) in [6, 6.07) is 7.75. The maximum absolute atomic E-state index is 13.0. The third-order valence-corrected chi connectivity index (χ3v) is 5.21. The first-order valence-corrected chi connectivity index (χ1v) is 9.70. The van der Waals surface area contributed by atoms with Gasteiger partial charge in [-0.05, 0) is 63.0 Å². The number of nitrogens with zero attached hydrogens (tertiary/aromatic N) is 3. The van der Waals surface area contributed by atoms with Crippen LogP contribution in [0.15, 0.2) is 48.3 Å². The van der Waals surface area contributed by atoms with Crippen molar-refractivity contribution in [3.63, 3.8) is 0 Å². The zero-order valence-electron chi connectivity index (χ0n) is 16.9. The molecular formula is C22H23N3O5. The summed E-state index contributed by atoms with van der Waals surface area (Å²) in [4.78, 5) is 33.4. The van der Waals surface area contributed by atoms with E-state index in [1.54, 1.807) is 42.7 Å². The molecule has 8 heteroatoms. The predicted molar refractivity (Wildman–Crippen MR) is 109 cm³/mol. The number of carbonyl (C=O) groups is 2. The maximum Gasteiger partial charge on any atom is 0.295 e. The molecule has 2 aliphatic rings. The zero-order valence-corrected chi connectivity index (χ0v) is 16.9. The van der Waals surface area contributed by atoms with Crippen LogP contribution in [0.3, 0.4) is 0 Å². The van der Waals surface area contributed by atoms with Crippen LogP contribution in [0.5, 0.6) is 11.5 Å². The van der Waals surface area contributed by atoms with Gasteiger partial charge in [-0.1, -0.05) is 0 Å². The first-order chi connectivity index (χ1) is 14.5. The average molecular weight is 409 g/mol. The van der Waals surface area contributed by atoms with E-state index in [1.807, 2.05) is 19.0 Å². The number of aliphatic hydroxyl groups excluding tert-OH is 1. The molecule has 2 aliphatic heterocycles. The van der Waals surface area contributed by atoms with Crippen LogP contribution in [0.1, 0.15) is 23.6 Å². The highest BCUT2D eigenvalue weighted by Gasteiger charge is 2.45. The number of aromatic nitrogens is 1. The van der Waals surface area contributed by atoms with E-state index < -0.39 is 17.7 Å². The van der Waals surface area contributed by atoms with Gasteiger partial charge in [0.2, 0.25) is 6.79 Å². The molecule has 3 heterocycles. The highest BCUT2D eigenvalue weighted by atomic mass is 16.7. The molecule has 30 heavy (non-hydrogen) atoms.